The van der Waals surface area contributed by atoms with Crippen molar-refractivity contribution >= 4 is 5.71 Å². The summed E-state index contributed by atoms with van der Waals surface area (Å²) in [4.78, 5) is 5.18. The van der Waals surface area contributed by atoms with Crippen molar-refractivity contribution in [3.05, 3.63) is 29.8 Å². The summed E-state index contributed by atoms with van der Waals surface area (Å²) in [6.45, 7) is 0.488. The highest BCUT2D eigenvalue weighted by molar-refractivity contribution is 6.03. The van der Waals surface area contributed by atoms with Crippen LogP contribution in [0.2, 0.25) is 0 Å². The molecule has 1 aromatic carbocycles. The van der Waals surface area contributed by atoms with E-state index in [1.54, 1.807) is 7.11 Å². The van der Waals surface area contributed by atoms with Crippen molar-refractivity contribution in [1.82, 2.24) is 0 Å². The number of methoxy groups -OCH3 is 1. The SMILES string of the molecule is COc1ccccc1C1=NOC(CN)C1. The third-order valence-electron chi connectivity index (χ3n) is 2.41. The lowest BCUT2D eigenvalue weighted by Gasteiger charge is -2.06. The largest absolute Gasteiger partial charge is 0.496 e. The summed E-state index contributed by atoms with van der Waals surface area (Å²) >= 11 is 0. The molecule has 0 bridgehead atoms. The fourth-order valence-corrected chi connectivity index (χ4v) is 1.60. The van der Waals surface area contributed by atoms with Gasteiger partial charge in [-0.1, -0.05) is 17.3 Å². The first kappa shape index (κ1) is 9.98. The number of ether oxygens (including phenoxy) is 1. The van der Waals surface area contributed by atoms with Crippen LogP contribution in [0.5, 0.6) is 5.75 Å². The Labute approximate surface area is 88.7 Å². The van der Waals surface area contributed by atoms with Gasteiger partial charge in [0.05, 0.1) is 12.8 Å². The van der Waals surface area contributed by atoms with Crippen LogP contribution in [0.25, 0.3) is 0 Å². The third-order valence-corrected chi connectivity index (χ3v) is 2.41. The first-order valence-electron chi connectivity index (χ1n) is 4.91. The van der Waals surface area contributed by atoms with Gasteiger partial charge in [-0.3, -0.25) is 0 Å². The summed E-state index contributed by atoms with van der Waals surface area (Å²) in [6, 6.07) is 7.77. The topological polar surface area (TPSA) is 56.8 Å². The van der Waals surface area contributed by atoms with Crippen LogP contribution in [0.3, 0.4) is 0 Å². The van der Waals surface area contributed by atoms with Crippen LogP contribution < -0.4 is 10.5 Å². The van der Waals surface area contributed by atoms with Gasteiger partial charge in [0.2, 0.25) is 0 Å². The maximum absolute atomic E-state index is 5.52. The smallest absolute Gasteiger partial charge is 0.145 e. The average molecular weight is 206 g/mol. The maximum Gasteiger partial charge on any atom is 0.145 e. The molecule has 1 heterocycles. The van der Waals surface area contributed by atoms with Gasteiger partial charge < -0.3 is 15.3 Å². The average Bonchev–Trinajstić information content (AvgIpc) is 2.77. The standard InChI is InChI=1S/C11H14N2O2/c1-14-11-5-3-2-4-9(11)10-6-8(7-12)15-13-10/h2-5,8H,6-7,12H2,1H3. The van der Waals surface area contributed by atoms with Gasteiger partial charge in [0, 0.05) is 18.5 Å². The number of benzene rings is 1. The highest BCUT2D eigenvalue weighted by atomic mass is 16.6. The molecule has 0 spiro atoms. The van der Waals surface area contributed by atoms with Gasteiger partial charge in [0.15, 0.2) is 0 Å². The van der Waals surface area contributed by atoms with Gasteiger partial charge in [-0.2, -0.15) is 0 Å². The van der Waals surface area contributed by atoms with Crippen molar-refractivity contribution in [3.8, 4) is 5.75 Å². The summed E-state index contributed by atoms with van der Waals surface area (Å²) in [5, 5.41) is 4.02. The lowest BCUT2D eigenvalue weighted by atomic mass is 10.0. The van der Waals surface area contributed by atoms with Gasteiger partial charge in [-0.15, -0.1) is 0 Å². The summed E-state index contributed by atoms with van der Waals surface area (Å²) < 4.78 is 5.26. The number of rotatable bonds is 3. The monoisotopic (exact) mass is 206 g/mol. The molecule has 2 N–H and O–H groups in total. The summed E-state index contributed by atoms with van der Waals surface area (Å²) in [7, 11) is 1.65. The van der Waals surface area contributed by atoms with E-state index in [9.17, 15) is 0 Å². The lowest BCUT2D eigenvalue weighted by molar-refractivity contribution is 0.0918. The van der Waals surface area contributed by atoms with Crippen molar-refractivity contribution < 1.29 is 9.57 Å². The van der Waals surface area contributed by atoms with E-state index in [4.69, 9.17) is 15.3 Å². The lowest BCUT2D eigenvalue weighted by Crippen LogP contribution is -2.20. The number of nitrogens with zero attached hydrogens (tertiary/aromatic N) is 1. The first-order chi connectivity index (χ1) is 7.35. The zero-order chi connectivity index (χ0) is 10.7. The van der Waals surface area contributed by atoms with E-state index in [0.717, 1.165) is 23.4 Å². The molecule has 0 aromatic heterocycles. The Hall–Kier alpha value is -1.55. The van der Waals surface area contributed by atoms with Crippen molar-refractivity contribution in [1.29, 1.82) is 0 Å². The molecule has 0 saturated heterocycles. The number of para-hydroxylation sites is 1. The van der Waals surface area contributed by atoms with Gasteiger partial charge >= 0.3 is 0 Å². The van der Waals surface area contributed by atoms with Crippen LogP contribution in [-0.4, -0.2) is 25.5 Å². The molecule has 80 valence electrons. The van der Waals surface area contributed by atoms with Crippen molar-refractivity contribution in [3.63, 3.8) is 0 Å². The Kier molecular flexibility index (Phi) is 2.87. The molecular formula is C11H14N2O2. The second-order valence-corrected chi connectivity index (χ2v) is 3.41. The minimum absolute atomic E-state index is 0.00455. The van der Waals surface area contributed by atoms with E-state index >= 15 is 0 Å². The second kappa shape index (κ2) is 4.31. The van der Waals surface area contributed by atoms with Crippen molar-refractivity contribution in [2.24, 2.45) is 10.9 Å². The molecule has 4 nitrogen and oxygen atoms in total. The molecule has 15 heavy (non-hydrogen) atoms. The predicted octanol–water partition coefficient (Wildman–Crippen LogP) is 1.15. The molecule has 1 unspecified atom stereocenters. The molecule has 1 aliphatic heterocycles. The van der Waals surface area contributed by atoms with Crippen LogP contribution in [0.1, 0.15) is 12.0 Å². The molecule has 0 amide bonds. The molecule has 1 atom stereocenters. The Balaban J connectivity index is 2.23. The molecule has 2 rings (SSSR count). The van der Waals surface area contributed by atoms with Gasteiger partial charge in [0.25, 0.3) is 0 Å². The predicted molar refractivity (Wildman–Crippen MR) is 58.1 cm³/mol. The van der Waals surface area contributed by atoms with Crippen LogP contribution in [-0.2, 0) is 4.84 Å². The highest BCUT2D eigenvalue weighted by Gasteiger charge is 2.22. The second-order valence-electron chi connectivity index (χ2n) is 3.41. The van der Waals surface area contributed by atoms with E-state index in [0.29, 0.717) is 6.54 Å². The number of oxime groups is 1. The normalized spacial score (nSPS) is 19.6. The summed E-state index contributed by atoms with van der Waals surface area (Å²) in [5.74, 6) is 0.817. The summed E-state index contributed by atoms with van der Waals surface area (Å²) in [6.07, 6.45) is 0.751. The molecule has 0 radical (unpaired) electrons. The van der Waals surface area contributed by atoms with Crippen molar-refractivity contribution in [2.75, 3.05) is 13.7 Å². The zero-order valence-electron chi connectivity index (χ0n) is 8.64. The molecule has 1 aromatic rings. The maximum atomic E-state index is 5.52. The van der Waals surface area contributed by atoms with E-state index in [1.807, 2.05) is 24.3 Å². The number of hydrogen-bond donors (Lipinski definition) is 1. The van der Waals surface area contributed by atoms with E-state index in [2.05, 4.69) is 5.16 Å². The fraction of sp³-hybridized carbons (Fsp3) is 0.364. The van der Waals surface area contributed by atoms with Crippen LogP contribution in [0, 0.1) is 0 Å². The Morgan fingerprint density at radius 3 is 3.00 bits per heavy atom. The van der Waals surface area contributed by atoms with Gasteiger partial charge in [0.1, 0.15) is 11.9 Å². The van der Waals surface area contributed by atoms with E-state index in [1.165, 1.54) is 0 Å². The number of hydrogen-bond acceptors (Lipinski definition) is 4. The summed E-state index contributed by atoms with van der Waals surface area (Å²) in [5.41, 5.74) is 7.40. The van der Waals surface area contributed by atoms with Crippen LogP contribution in [0.15, 0.2) is 29.4 Å². The Morgan fingerprint density at radius 2 is 2.33 bits per heavy atom. The van der Waals surface area contributed by atoms with Crippen LogP contribution >= 0.6 is 0 Å². The zero-order valence-corrected chi connectivity index (χ0v) is 8.64. The molecule has 4 heteroatoms. The van der Waals surface area contributed by atoms with Gasteiger partial charge in [-0.05, 0) is 12.1 Å². The Morgan fingerprint density at radius 1 is 1.53 bits per heavy atom. The fourth-order valence-electron chi connectivity index (χ4n) is 1.60. The van der Waals surface area contributed by atoms with Crippen LogP contribution in [0.4, 0.5) is 0 Å². The van der Waals surface area contributed by atoms with Gasteiger partial charge in [-0.25, -0.2) is 0 Å². The van der Waals surface area contributed by atoms with Crippen molar-refractivity contribution in [2.45, 2.75) is 12.5 Å². The number of nitrogens with two attached hydrogens (primary N) is 1. The first-order valence-corrected chi connectivity index (χ1v) is 4.91. The minimum Gasteiger partial charge on any atom is -0.496 e. The molecule has 0 fully saturated rings. The minimum atomic E-state index is 0.00455. The highest BCUT2D eigenvalue weighted by Crippen LogP contribution is 2.23. The molecule has 0 aliphatic carbocycles. The molecular weight excluding hydrogens is 192 g/mol. The third kappa shape index (κ3) is 1.94. The molecule has 1 aliphatic rings. The molecule has 0 saturated carbocycles. The van der Waals surface area contributed by atoms with E-state index < -0.39 is 0 Å². The Bertz CT molecular complexity index is 377. The quantitative estimate of drug-likeness (QED) is 0.807. The van der Waals surface area contributed by atoms with E-state index in [-0.39, 0.29) is 6.10 Å².